The van der Waals surface area contributed by atoms with Crippen LogP contribution in [0.1, 0.15) is 23.6 Å². The summed E-state index contributed by atoms with van der Waals surface area (Å²) in [6, 6.07) is 9.35. The van der Waals surface area contributed by atoms with Crippen molar-refractivity contribution in [2.24, 2.45) is 0 Å². The van der Waals surface area contributed by atoms with Crippen LogP contribution in [0, 0.1) is 0 Å². The standard InChI is InChI=1S/C17H16BrF3N2O3S/c1-22-16(24)10-14(11-5-4-6-12(18)9-11)23-27(25,26)15-8-3-2-7-13(15)17(19,20)21/h2-9,14,23H,10H2,1H3,(H,22,24)/t14-/m0/s1. The largest absolute Gasteiger partial charge is 0.417 e. The lowest BCUT2D eigenvalue weighted by Gasteiger charge is -2.20. The summed E-state index contributed by atoms with van der Waals surface area (Å²) in [6.07, 6.45) is -5.11. The molecule has 10 heteroatoms. The van der Waals surface area contributed by atoms with Gasteiger partial charge in [-0.2, -0.15) is 13.2 Å². The molecular weight excluding hydrogens is 449 g/mol. The number of benzene rings is 2. The van der Waals surface area contributed by atoms with E-state index in [1.807, 2.05) is 0 Å². The van der Waals surface area contributed by atoms with Crippen molar-refractivity contribution >= 4 is 31.9 Å². The summed E-state index contributed by atoms with van der Waals surface area (Å²) in [5.74, 6) is -0.466. The van der Waals surface area contributed by atoms with Gasteiger partial charge < -0.3 is 5.32 Å². The Morgan fingerprint density at radius 2 is 1.81 bits per heavy atom. The fourth-order valence-electron chi connectivity index (χ4n) is 2.42. The van der Waals surface area contributed by atoms with E-state index in [0.29, 0.717) is 16.1 Å². The minimum Gasteiger partial charge on any atom is -0.359 e. The lowest BCUT2D eigenvalue weighted by atomic mass is 10.0. The molecule has 146 valence electrons. The van der Waals surface area contributed by atoms with Crippen LogP contribution in [0.4, 0.5) is 13.2 Å². The van der Waals surface area contributed by atoms with E-state index < -0.39 is 38.6 Å². The Morgan fingerprint density at radius 1 is 1.15 bits per heavy atom. The molecule has 0 radical (unpaired) electrons. The lowest BCUT2D eigenvalue weighted by Crippen LogP contribution is -2.33. The Labute approximate surface area is 163 Å². The van der Waals surface area contributed by atoms with Gasteiger partial charge in [-0.3, -0.25) is 4.79 Å². The van der Waals surface area contributed by atoms with Crippen LogP contribution in [0.15, 0.2) is 57.9 Å². The molecular formula is C17H16BrF3N2O3S. The summed E-state index contributed by atoms with van der Waals surface area (Å²) in [5, 5.41) is 2.38. The van der Waals surface area contributed by atoms with Gasteiger partial charge in [0.1, 0.15) is 0 Å². The molecule has 1 atom stereocenters. The zero-order valence-corrected chi connectivity index (χ0v) is 16.5. The van der Waals surface area contributed by atoms with Gasteiger partial charge in [0.25, 0.3) is 0 Å². The fraction of sp³-hybridized carbons (Fsp3) is 0.235. The molecule has 0 spiro atoms. The molecule has 0 saturated carbocycles. The normalized spacial score (nSPS) is 13.2. The van der Waals surface area contributed by atoms with Crippen LogP contribution in [-0.2, 0) is 21.0 Å². The summed E-state index contributed by atoms with van der Waals surface area (Å²) in [6.45, 7) is 0. The van der Waals surface area contributed by atoms with Crippen molar-refractivity contribution < 1.29 is 26.4 Å². The van der Waals surface area contributed by atoms with Crippen LogP contribution in [0.5, 0.6) is 0 Å². The SMILES string of the molecule is CNC(=O)C[C@H](NS(=O)(=O)c1ccccc1C(F)(F)F)c1cccc(Br)c1. The number of nitrogens with one attached hydrogen (secondary N) is 2. The van der Waals surface area contributed by atoms with Crippen molar-refractivity contribution in [2.75, 3.05) is 7.05 Å². The molecule has 1 amide bonds. The number of rotatable bonds is 6. The summed E-state index contributed by atoms with van der Waals surface area (Å²) in [7, 11) is -3.17. The third-order valence-corrected chi connectivity index (χ3v) is 5.72. The molecule has 0 aliphatic rings. The van der Waals surface area contributed by atoms with Gasteiger partial charge in [-0.15, -0.1) is 0 Å². The predicted octanol–water partition coefficient (Wildman–Crippen LogP) is 3.62. The maximum Gasteiger partial charge on any atom is 0.417 e. The number of hydrogen-bond donors (Lipinski definition) is 2. The van der Waals surface area contributed by atoms with E-state index in [1.165, 1.54) is 13.1 Å². The first-order valence-corrected chi connectivity index (χ1v) is 9.97. The average molecular weight is 465 g/mol. The number of halogens is 4. The molecule has 0 aliphatic heterocycles. The molecule has 2 aromatic carbocycles. The second-order valence-electron chi connectivity index (χ2n) is 5.60. The zero-order valence-electron chi connectivity index (χ0n) is 14.0. The number of carbonyl (C=O) groups is 1. The first kappa shape index (κ1) is 21.4. The number of carbonyl (C=O) groups excluding carboxylic acids is 1. The van der Waals surface area contributed by atoms with Gasteiger partial charge in [-0.25, -0.2) is 13.1 Å². The molecule has 0 unspecified atom stereocenters. The minimum atomic E-state index is -4.84. The van der Waals surface area contributed by atoms with E-state index in [-0.39, 0.29) is 6.42 Å². The van der Waals surface area contributed by atoms with Gasteiger partial charge >= 0.3 is 6.18 Å². The summed E-state index contributed by atoms with van der Waals surface area (Å²) < 4.78 is 67.8. The number of hydrogen-bond acceptors (Lipinski definition) is 3. The van der Waals surface area contributed by atoms with Crippen molar-refractivity contribution in [2.45, 2.75) is 23.5 Å². The van der Waals surface area contributed by atoms with Gasteiger partial charge in [-0.1, -0.05) is 40.2 Å². The van der Waals surface area contributed by atoms with Crippen LogP contribution in [0.2, 0.25) is 0 Å². The van der Waals surface area contributed by atoms with Gasteiger partial charge in [0, 0.05) is 17.9 Å². The third-order valence-electron chi connectivity index (χ3n) is 3.70. The van der Waals surface area contributed by atoms with E-state index >= 15 is 0 Å². The van der Waals surface area contributed by atoms with Crippen molar-refractivity contribution in [1.82, 2.24) is 10.0 Å². The Kier molecular flexibility index (Phi) is 6.66. The summed E-state index contributed by atoms with van der Waals surface area (Å²) in [5.41, 5.74) is -0.841. The molecule has 0 aliphatic carbocycles. The van der Waals surface area contributed by atoms with Crippen LogP contribution < -0.4 is 10.0 Å². The van der Waals surface area contributed by atoms with Crippen LogP contribution in [0.3, 0.4) is 0 Å². The van der Waals surface area contributed by atoms with Gasteiger partial charge in [-0.05, 0) is 29.8 Å². The molecule has 2 rings (SSSR count). The second kappa shape index (κ2) is 8.41. The lowest BCUT2D eigenvalue weighted by molar-refractivity contribution is -0.139. The maximum absolute atomic E-state index is 13.2. The van der Waals surface area contributed by atoms with E-state index in [0.717, 1.165) is 12.1 Å². The van der Waals surface area contributed by atoms with E-state index in [1.54, 1.807) is 24.3 Å². The average Bonchev–Trinajstić information content (AvgIpc) is 2.60. The minimum absolute atomic E-state index is 0.277. The van der Waals surface area contributed by atoms with Crippen LogP contribution in [0.25, 0.3) is 0 Å². The first-order valence-electron chi connectivity index (χ1n) is 7.69. The molecule has 0 bridgehead atoms. The highest BCUT2D eigenvalue weighted by atomic mass is 79.9. The van der Waals surface area contributed by atoms with E-state index in [4.69, 9.17) is 0 Å². The number of amides is 1. The summed E-state index contributed by atoms with van der Waals surface area (Å²) in [4.78, 5) is 10.9. The fourth-order valence-corrected chi connectivity index (χ4v) is 4.29. The Hall–Kier alpha value is -1.91. The number of sulfonamides is 1. The smallest absolute Gasteiger partial charge is 0.359 e. The molecule has 0 heterocycles. The second-order valence-corrected chi connectivity index (χ2v) is 8.20. The molecule has 2 aromatic rings. The van der Waals surface area contributed by atoms with E-state index in [2.05, 4.69) is 26.0 Å². The van der Waals surface area contributed by atoms with E-state index in [9.17, 15) is 26.4 Å². The number of alkyl halides is 3. The highest BCUT2D eigenvalue weighted by Gasteiger charge is 2.37. The Morgan fingerprint density at radius 3 is 2.41 bits per heavy atom. The summed E-state index contributed by atoms with van der Waals surface area (Å²) >= 11 is 3.25. The topological polar surface area (TPSA) is 75.3 Å². The predicted molar refractivity (Wildman–Crippen MR) is 97.3 cm³/mol. The molecule has 5 nitrogen and oxygen atoms in total. The van der Waals surface area contributed by atoms with Gasteiger partial charge in [0.2, 0.25) is 15.9 Å². The Bertz CT molecular complexity index is 933. The third kappa shape index (κ3) is 5.53. The van der Waals surface area contributed by atoms with Crippen molar-refractivity contribution in [3.8, 4) is 0 Å². The highest BCUT2D eigenvalue weighted by Crippen LogP contribution is 2.34. The molecule has 0 fully saturated rings. The highest BCUT2D eigenvalue weighted by molar-refractivity contribution is 9.10. The van der Waals surface area contributed by atoms with Crippen molar-refractivity contribution in [3.63, 3.8) is 0 Å². The molecule has 0 aromatic heterocycles. The Balaban J connectivity index is 2.46. The zero-order chi connectivity index (χ0) is 20.2. The van der Waals surface area contributed by atoms with Gasteiger partial charge in [0.05, 0.1) is 16.5 Å². The van der Waals surface area contributed by atoms with Crippen LogP contribution in [-0.4, -0.2) is 21.4 Å². The van der Waals surface area contributed by atoms with Crippen LogP contribution >= 0.6 is 15.9 Å². The molecule has 0 saturated heterocycles. The quantitative estimate of drug-likeness (QED) is 0.685. The van der Waals surface area contributed by atoms with Crippen molar-refractivity contribution in [3.05, 3.63) is 64.1 Å². The molecule has 2 N–H and O–H groups in total. The molecule has 27 heavy (non-hydrogen) atoms. The first-order chi connectivity index (χ1) is 12.5. The van der Waals surface area contributed by atoms with Gasteiger partial charge in [0.15, 0.2) is 0 Å². The monoisotopic (exact) mass is 464 g/mol. The van der Waals surface area contributed by atoms with Crippen molar-refractivity contribution in [1.29, 1.82) is 0 Å². The maximum atomic E-state index is 13.2.